The summed E-state index contributed by atoms with van der Waals surface area (Å²) in [6.45, 7) is 6.06. The minimum absolute atomic E-state index is 0.0255. The monoisotopic (exact) mass is 364 g/mol. The van der Waals surface area contributed by atoms with E-state index in [0.29, 0.717) is 29.7 Å². The third-order valence-electron chi connectivity index (χ3n) is 3.51. The molecule has 0 fully saturated rings. The van der Waals surface area contributed by atoms with Crippen molar-refractivity contribution in [1.82, 2.24) is 5.32 Å². The number of nitrogens with one attached hydrogen (secondary N) is 2. The fourth-order valence-electron chi connectivity index (χ4n) is 2.55. The van der Waals surface area contributed by atoms with Gasteiger partial charge in [-0.05, 0) is 24.5 Å². The van der Waals surface area contributed by atoms with Crippen LogP contribution in [0.25, 0.3) is 0 Å². The highest BCUT2D eigenvalue weighted by Crippen LogP contribution is 2.42. The number of aryl methyl sites for hydroxylation is 1. The van der Waals surface area contributed by atoms with Crippen molar-refractivity contribution in [2.45, 2.75) is 40.5 Å². The number of hydrogen-bond donors (Lipinski definition) is 3. The lowest BCUT2D eigenvalue weighted by Crippen LogP contribution is -2.47. The number of ether oxygens (including phenoxy) is 2. The predicted octanol–water partition coefficient (Wildman–Crippen LogP) is 1.70. The van der Waals surface area contributed by atoms with E-state index in [9.17, 15) is 14.4 Å². The Kier molecular flexibility index (Phi) is 7.12. The zero-order chi connectivity index (χ0) is 20.0. The van der Waals surface area contributed by atoms with E-state index < -0.39 is 23.9 Å². The van der Waals surface area contributed by atoms with E-state index in [1.54, 1.807) is 6.92 Å². The first-order valence-electron chi connectivity index (χ1n) is 8.09. The van der Waals surface area contributed by atoms with Crippen molar-refractivity contribution in [3.05, 3.63) is 17.2 Å². The summed E-state index contributed by atoms with van der Waals surface area (Å²) < 4.78 is 10.5. The van der Waals surface area contributed by atoms with Gasteiger partial charge in [0.2, 0.25) is 5.96 Å². The van der Waals surface area contributed by atoms with E-state index in [4.69, 9.17) is 20.6 Å². The van der Waals surface area contributed by atoms with Crippen LogP contribution in [0.5, 0.6) is 11.5 Å². The first kappa shape index (κ1) is 20.9. The predicted molar refractivity (Wildman–Crippen MR) is 96.7 cm³/mol. The van der Waals surface area contributed by atoms with Crippen molar-refractivity contribution in [2.24, 2.45) is 5.73 Å². The molecule has 0 saturated heterocycles. The van der Waals surface area contributed by atoms with Crippen LogP contribution in [0.15, 0.2) is 6.07 Å². The van der Waals surface area contributed by atoms with Crippen LogP contribution in [0.3, 0.4) is 0 Å². The molecule has 1 rings (SSSR count). The van der Waals surface area contributed by atoms with Crippen LogP contribution in [0.2, 0.25) is 0 Å². The number of amides is 2. The average molecular weight is 364 g/mol. The van der Waals surface area contributed by atoms with Crippen molar-refractivity contribution in [3.63, 3.8) is 0 Å². The van der Waals surface area contributed by atoms with Crippen molar-refractivity contribution < 1.29 is 23.9 Å². The number of hydrogen-bond acceptors (Lipinski definition) is 6. The summed E-state index contributed by atoms with van der Waals surface area (Å²) in [6, 6.07) is 0.892. The van der Waals surface area contributed by atoms with E-state index in [0.717, 1.165) is 4.90 Å². The largest absolute Gasteiger partial charge is 0.423 e. The molecule has 9 nitrogen and oxygen atoms in total. The smallest absolute Gasteiger partial charge is 0.328 e. The topological polar surface area (TPSA) is 135 Å². The van der Waals surface area contributed by atoms with Gasteiger partial charge in [0.15, 0.2) is 11.5 Å². The van der Waals surface area contributed by atoms with Gasteiger partial charge in [-0.25, -0.2) is 9.69 Å². The molecular weight excluding hydrogens is 340 g/mol. The Morgan fingerprint density at radius 1 is 1.15 bits per heavy atom. The van der Waals surface area contributed by atoms with Crippen LogP contribution in [-0.4, -0.2) is 31.0 Å². The van der Waals surface area contributed by atoms with Gasteiger partial charge in [-0.3, -0.25) is 15.0 Å². The Balaban J connectivity index is 3.87. The Labute approximate surface area is 151 Å². The van der Waals surface area contributed by atoms with Gasteiger partial charge in [-0.15, -0.1) is 0 Å². The maximum absolute atomic E-state index is 12.3. The highest BCUT2D eigenvalue weighted by molar-refractivity contribution is 6.15. The molecule has 0 atom stereocenters. The summed E-state index contributed by atoms with van der Waals surface area (Å²) >= 11 is 0. The quantitative estimate of drug-likeness (QED) is 0.315. The van der Waals surface area contributed by atoms with Gasteiger partial charge in [-0.2, -0.15) is 0 Å². The van der Waals surface area contributed by atoms with Gasteiger partial charge in [0, 0.05) is 26.5 Å². The van der Waals surface area contributed by atoms with Gasteiger partial charge >= 0.3 is 18.0 Å². The molecule has 0 aliphatic rings. The van der Waals surface area contributed by atoms with Gasteiger partial charge in [0.25, 0.3) is 0 Å². The van der Waals surface area contributed by atoms with Crippen LogP contribution >= 0.6 is 0 Å². The van der Waals surface area contributed by atoms with E-state index in [-0.39, 0.29) is 11.5 Å². The first-order chi connectivity index (χ1) is 12.2. The number of carbonyl (C=O) groups is 3. The fourth-order valence-corrected chi connectivity index (χ4v) is 2.55. The molecule has 9 heteroatoms. The van der Waals surface area contributed by atoms with E-state index in [2.05, 4.69) is 5.32 Å². The highest BCUT2D eigenvalue weighted by atomic mass is 16.6. The minimum atomic E-state index is -0.615. The Morgan fingerprint density at radius 2 is 1.73 bits per heavy atom. The molecule has 0 heterocycles. The molecule has 0 aromatic heterocycles. The van der Waals surface area contributed by atoms with Gasteiger partial charge in [-0.1, -0.05) is 13.8 Å². The normalized spacial score (nSPS) is 10.0. The molecule has 142 valence electrons. The van der Waals surface area contributed by atoms with Gasteiger partial charge in [0.05, 0.1) is 5.69 Å². The number of rotatable bonds is 5. The number of benzene rings is 1. The number of anilines is 1. The molecule has 4 N–H and O–H groups in total. The number of guanidine groups is 1. The zero-order valence-corrected chi connectivity index (χ0v) is 15.6. The van der Waals surface area contributed by atoms with Crippen molar-refractivity contribution in [3.8, 4) is 11.5 Å². The van der Waals surface area contributed by atoms with Crippen LogP contribution in [0.4, 0.5) is 10.5 Å². The van der Waals surface area contributed by atoms with Crippen molar-refractivity contribution >= 4 is 29.6 Å². The number of carbonyl (C=O) groups excluding carboxylic acids is 3. The average Bonchev–Trinajstić information content (AvgIpc) is 2.55. The van der Waals surface area contributed by atoms with Gasteiger partial charge in [0.1, 0.15) is 0 Å². The second kappa shape index (κ2) is 8.84. The first-order valence-corrected chi connectivity index (χ1v) is 8.09. The molecule has 0 aliphatic heterocycles. The summed E-state index contributed by atoms with van der Waals surface area (Å²) in [5.41, 5.74) is 6.98. The highest BCUT2D eigenvalue weighted by Gasteiger charge is 2.28. The van der Waals surface area contributed by atoms with E-state index in [1.165, 1.54) is 27.0 Å². The van der Waals surface area contributed by atoms with Crippen LogP contribution < -0.4 is 25.4 Å². The number of nitrogens with zero attached hydrogens (tertiary/aromatic N) is 1. The van der Waals surface area contributed by atoms with Gasteiger partial charge < -0.3 is 20.5 Å². The third-order valence-corrected chi connectivity index (χ3v) is 3.51. The lowest BCUT2D eigenvalue weighted by molar-refractivity contribution is -0.134. The summed E-state index contributed by atoms with van der Waals surface area (Å²) in [5.74, 6) is -1.59. The molecule has 1 aromatic rings. The van der Waals surface area contributed by atoms with Crippen molar-refractivity contribution in [2.75, 3.05) is 11.9 Å². The van der Waals surface area contributed by atoms with E-state index >= 15 is 0 Å². The Hall–Kier alpha value is -3.10. The second-order valence-electron chi connectivity index (χ2n) is 5.36. The molecule has 0 bridgehead atoms. The molecule has 26 heavy (non-hydrogen) atoms. The maximum Gasteiger partial charge on any atom is 0.328 e. The summed E-state index contributed by atoms with van der Waals surface area (Å²) in [7, 11) is 1.41. The van der Waals surface area contributed by atoms with Crippen LogP contribution in [0, 0.1) is 5.41 Å². The lowest BCUT2D eigenvalue weighted by atomic mass is 9.99. The fraction of sp³-hybridized carbons (Fsp3) is 0.412. The molecule has 0 spiro atoms. The number of esters is 2. The summed E-state index contributed by atoms with van der Waals surface area (Å²) in [5, 5.41) is 10.2. The van der Waals surface area contributed by atoms with Crippen LogP contribution in [0.1, 0.15) is 38.8 Å². The standard InChI is InChI=1S/C17H24N4O5/c1-6-11-8-13(25-9(3)22)15(26-10(4)23)12(7-2)14(11)21(16(18)19)17(24)20-5/h8H,6-7H2,1-5H3,(H3,18,19)(H,20,24). The third kappa shape index (κ3) is 4.50. The molecular formula is C17H24N4O5. The van der Waals surface area contributed by atoms with Crippen LogP contribution in [-0.2, 0) is 22.4 Å². The lowest BCUT2D eigenvalue weighted by Gasteiger charge is -2.27. The summed E-state index contributed by atoms with van der Waals surface area (Å²) in [4.78, 5) is 36.3. The maximum atomic E-state index is 12.3. The molecule has 0 aliphatic carbocycles. The molecule has 0 saturated carbocycles. The Bertz CT molecular complexity index is 745. The summed E-state index contributed by atoms with van der Waals surface area (Å²) in [6.07, 6.45) is 0.790. The number of urea groups is 1. The second-order valence-corrected chi connectivity index (χ2v) is 5.36. The molecule has 1 aromatic carbocycles. The van der Waals surface area contributed by atoms with Crippen molar-refractivity contribution in [1.29, 1.82) is 5.41 Å². The SMILES string of the molecule is CCc1cc(OC(C)=O)c(OC(C)=O)c(CC)c1N(C(=N)N)C(=O)NC. The molecule has 0 unspecified atom stereocenters. The molecule has 0 radical (unpaired) electrons. The molecule has 2 amide bonds. The number of nitrogens with two attached hydrogens (primary N) is 1. The minimum Gasteiger partial charge on any atom is -0.423 e. The Morgan fingerprint density at radius 3 is 2.12 bits per heavy atom. The van der Waals surface area contributed by atoms with E-state index in [1.807, 2.05) is 6.92 Å². The zero-order valence-electron chi connectivity index (χ0n) is 15.6.